The lowest BCUT2D eigenvalue weighted by Crippen LogP contribution is -2.28. The second-order valence-electron chi connectivity index (χ2n) is 7.63. The fraction of sp³-hybridized carbons (Fsp3) is 0.333. The van der Waals surface area contributed by atoms with Crippen LogP contribution in [0.3, 0.4) is 0 Å². The zero-order valence-electron chi connectivity index (χ0n) is 17.7. The van der Waals surface area contributed by atoms with E-state index in [0.717, 1.165) is 18.2 Å². The van der Waals surface area contributed by atoms with E-state index in [4.69, 9.17) is 23.2 Å². The van der Waals surface area contributed by atoms with Gasteiger partial charge in [-0.05, 0) is 36.2 Å². The molecule has 178 valence electrons. The number of amides is 2. The summed E-state index contributed by atoms with van der Waals surface area (Å²) in [4.78, 5) is 25.6. The summed E-state index contributed by atoms with van der Waals surface area (Å²) in [6, 6.07) is 4.03. The van der Waals surface area contributed by atoms with E-state index in [2.05, 4.69) is 5.32 Å². The van der Waals surface area contributed by atoms with Gasteiger partial charge in [0.15, 0.2) is 11.6 Å². The molecule has 2 amide bonds. The third-order valence-electron chi connectivity index (χ3n) is 5.12. The van der Waals surface area contributed by atoms with Gasteiger partial charge in [0.05, 0.1) is 16.3 Å². The number of nitrogens with zero attached hydrogens (tertiary/aromatic N) is 1. The van der Waals surface area contributed by atoms with Gasteiger partial charge in [0.25, 0.3) is 10.0 Å². The summed E-state index contributed by atoms with van der Waals surface area (Å²) in [5.41, 5.74) is 0.102. The zero-order valence-corrected chi connectivity index (χ0v) is 20.0. The summed E-state index contributed by atoms with van der Waals surface area (Å²) in [6.45, 7) is 3.44. The van der Waals surface area contributed by atoms with Gasteiger partial charge in [-0.3, -0.25) is 14.3 Å². The van der Waals surface area contributed by atoms with Crippen LogP contribution in [0.2, 0.25) is 5.02 Å². The highest BCUT2D eigenvalue weighted by molar-refractivity contribution is 7.92. The Bertz CT molecular complexity index is 1200. The lowest BCUT2D eigenvalue weighted by Gasteiger charge is -2.20. The standard InChI is InChI=1S/C21H21Cl2F2N3O4S/c1-11-10-28(12(2)29)21-15(11)8-14(9-18(21)26-19(30)4-3-5-22)33(31,32)27-20-16(24)6-13(23)7-17(20)25/h6-9,11,27H,3-5,10H2,1-2H3,(H,26,30). The van der Waals surface area contributed by atoms with Crippen molar-refractivity contribution in [2.24, 2.45) is 0 Å². The van der Waals surface area contributed by atoms with Crippen LogP contribution in [0.25, 0.3) is 0 Å². The minimum atomic E-state index is -4.48. The maximum absolute atomic E-state index is 14.2. The summed E-state index contributed by atoms with van der Waals surface area (Å²) in [5, 5.41) is 2.41. The number of sulfonamides is 1. The van der Waals surface area contributed by atoms with Crippen LogP contribution in [0.5, 0.6) is 0 Å². The number of nitrogens with one attached hydrogen (secondary N) is 2. The van der Waals surface area contributed by atoms with Gasteiger partial charge in [-0.15, -0.1) is 11.6 Å². The molecule has 1 aliphatic rings. The lowest BCUT2D eigenvalue weighted by molar-refractivity contribution is -0.117. The predicted octanol–water partition coefficient (Wildman–Crippen LogP) is 4.85. The molecular formula is C21H21Cl2F2N3O4S. The van der Waals surface area contributed by atoms with Gasteiger partial charge in [0, 0.05) is 36.7 Å². The Morgan fingerprint density at radius 2 is 1.82 bits per heavy atom. The number of hydrogen-bond donors (Lipinski definition) is 2. The Morgan fingerprint density at radius 1 is 1.18 bits per heavy atom. The van der Waals surface area contributed by atoms with Crippen molar-refractivity contribution in [3.8, 4) is 0 Å². The monoisotopic (exact) mass is 519 g/mol. The van der Waals surface area contributed by atoms with Crippen LogP contribution >= 0.6 is 23.2 Å². The van der Waals surface area contributed by atoms with Crippen molar-refractivity contribution in [2.45, 2.75) is 37.5 Å². The predicted molar refractivity (Wildman–Crippen MR) is 124 cm³/mol. The maximum Gasteiger partial charge on any atom is 0.262 e. The van der Waals surface area contributed by atoms with Crippen molar-refractivity contribution in [3.05, 3.63) is 46.5 Å². The molecule has 0 spiro atoms. The van der Waals surface area contributed by atoms with E-state index in [1.165, 1.54) is 17.9 Å². The topological polar surface area (TPSA) is 95.6 Å². The molecule has 2 aromatic rings. The highest BCUT2D eigenvalue weighted by Crippen LogP contribution is 2.43. The molecular weight excluding hydrogens is 499 g/mol. The summed E-state index contributed by atoms with van der Waals surface area (Å²) in [6.07, 6.45) is 0.487. The van der Waals surface area contributed by atoms with Crippen LogP contribution in [0.1, 0.15) is 38.2 Å². The number of halogens is 4. The quantitative estimate of drug-likeness (QED) is 0.511. The molecule has 2 N–H and O–H groups in total. The molecule has 0 aliphatic carbocycles. The number of benzene rings is 2. The number of carbonyl (C=O) groups excluding carboxylic acids is 2. The highest BCUT2D eigenvalue weighted by atomic mass is 35.5. The fourth-order valence-corrected chi connectivity index (χ4v) is 5.04. The van der Waals surface area contributed by atoms with Gasteiger partial charge in [-0.2, -0.15) is 0 Å². The van der Waals surface area contributed by atoms with Crippen molar-refractivity contribution < 1.29 is 26.8 Å². The SMILES string of the molecule is CC(=O)N1CC(C)c2cc(S(=O)(=O)Nc3c(F)cc(Cl)cc3F)cc(NC(=O)CCCCl)c21. The summed E-state index contributed by atoms with van der Waals surface area (Å²) < 4.78 is 56.3. The van der Waals surface area contributed by atoms with Crippen LogP contribution in [-0.4, -0.2) is 32.7 Å². The number of hydrogen-bond acceptors (Lipinski definition) is 4. The summed E-state index contributed by atoms with van der Waals surface area (Å²) >= 11 is 11.2. The first-order valence-electron chi connectivity index (χ1n) is 9.93. The average Bonchev–Trinajstić information content (AvgIpc) is 3.06. The van der Waals surface area contributed by atoms with E-state index in [1.54, 1.807) is 6.92 Å². The largest absolute Gasteiger partial charge is 0.324 e. The molecule has 0 saturated heterocycles. The molecule has 12 heteroatoms. The molecule has 0 radical (unpaired) electrons. The molecule has 0 aromatic heterocycles. The maximum atomic E-state index is 14.2. The Hall–Kier alpha value is -2.43. The molecule has 7 nitrogen and oxygen atoms in total. The minimum absolute atomic E-state index is 0.0876. The Labute approximate surface area is 200 Å². The molecule has 0 fully saturated rings. The summed E-state index contributed by atoms with van der Waals surface area (Å²) in [7, 11) is -4.48. The van der Waals surface area contributed by atoms with Crippen LogP contribution in [-0.2, 0) is 19.6 Å². The second kappa shape index (κ2) is 9.82. The van der Waals surface area contributed by atoms with Crippen molar-refractivity contribution >= 4 is 62.1 Å². The van der Waals surface area contributed by atoms with Gasteiger partial charge >= 0.3 is 0 Å². The van der Waals surface area contributed by atoms with Crippen molar-refractivity contribution in [3.63, 3.8) is 0 Å². The molecule has 33 heavy (non-hydrogen) atoms. The third kappa shape index (κ3) is 5.39. The Balaban J connectivity index is 2.09. The van der Waals surface area contributed by atoms with E-state index in [0.29, 0.717) is 17.7 Å². The van der Waals surface area contributed by atoms with Crippen LogP contribution in [0, 0.1) is 11.6 Å². The fourth-order valence-electron chi connectivity index (χ4n) is 3.58. The number of alkyl halides is 1. The van der Waals surface area contributed by atoms with Crippen molar-refractivity contribution in [1.29, 1.82) is 0 Å². The molecule has 1 atom stereocenters. The molecule has 1 aliphatic heterocycles. The first kappa shape index (κ1) is 25.2. The van der Waals surface area contributed by atoms with Crippen LogP contribution in [0.15, 0.2) is 29.2 Å². The molecule has 0 saturated carbocycles. The minimum Gasteiger partial charge on any atom is -0.324 e. The smallest absolute Gasteiger partial charge is 0.262 e. The first-order chi connectivity index (χ1) is 15.4. The normalized spacial score (nSPS) is 15.3. The van der Waals surface area contributed by atoms with Gasteiger partial charge in [-0.25, -0.2) is 17.2 Å². The molecule has 1 heterocycles. The van der Waals surface area contributed by atoms with Crippen LogP contribution in [0.4, 0.5) is 25.8 Å². The lowest BCUT2D eigenvalue weighted by atomic mass is 10.0. The van der Waals surface area contributed by atoms with Crippen LogP contribution < -0.4 is 14.9 Å². The third-order valence-corrected chi connectivity index (χ3v) is 6.93. The van der Waals surface area contributed by atoms with Crippen molar-refractivity contribution in [1.82, 2.24) is 0 Å². The molecule has 1 unspecified atom stereocenters. The zero-order chi connectivity index (χ0) is 24.5. The molecule has 0 bridgehead atoms. The highest BCUT2D eigenvalue weighted by Gasteiger charge is 2.33. The van der Waals surface area contributed by atoms with E-state index in [1.807, 2.05) is 4.72 Å². The number of anilines is 3. The van der Waals surface area contributed by atoms with Gasteiger partial charge in [0.2, 0.25) is 11.8 Å². The number of carbonyl (C=O) groups is 2. The second-order valence-corrected chi connectivity index (χ2v) is 10.1. The average molecular weight is 520 g/mol. The number of rotatable bonds is 7. The van der Waals surface area contributed by atoms with Gasteiger partial charge in [-0.1, -0.05) is 18.5 Å². The molecule has 2 aromatic carbocycles. The van der Waals surface area contributed by atoms with Gasteiger partial charge < -0.3 is 10.2 Å². The summed E-state index contributed by atoms with van der Waals surface area (Å²) in [5.74, 6) is -3.06. The van der Waals surface area contributed by atoms with E-state index in [-0.39, 0.29) is 46.3 Å². The van der Waals surface area contributed by atoms with E-state index < -0.39 is 33.3 Å². The van der Waals surface area contributed by atoms with Crippen molar-refractivity contribution in [2.75, 3.05) is 27.4 Å². The number of fused-ring (bicyclic) bond motifs is 1. The Kier molecular flexibility index (Phi) is 7.50. The van der Waals surface area contributed by atoms with E-state index in [9.17, 15) is 26.8 Å². The molecule has 3 rings (SSSR count). The van der Waals surface area contributed by atoms with E-state index >= 15 is 0 Å². The van der Waals surface area contributed by atoms with Gasteiger partial charge in [0.1, 0.15) is 5.69 Å². The Morgan fingerprint density at radius 3 is 2.39 bits per heavy atom. The first-order valence-corrected chi connectivity index (χ1v) is 12.3.